The van der Waals surface area contributed by atoms with Crippen molar-refractivity contribution < 1.29 is 14.4 Å². The van der Waals surface area contributed by atoms with E-state index in [1.807, 2.05) is 42.5 Å². The van der Waals surface area contributed by atoms with Gasteiger partial charge in [-0.3, -0.25) is 14.4 Å². The van der Waals surface area contributed by atoms with Crippen LogP contribution in [0.2, 0.25) is 5.15 Å². The van der Waals surface area contributed by atoms with Gasteiger partial charge in [-0.2, -0.15) is 5.10 Å². The maximum atomic E-state index is 12.9. The fourth-order valence-corrected chi connectivity index (χ4v) is 4.70. The summed E-state index contributed by atoms with van der Waals surface area (Å²) in [4.78, 5) is 42.5. The van der Waals surface area contributed by atoms with Crippen molar-refractivity contribution in [3.05, 3.63) is 100.0 Å². The zero-order chi connectivity index (χ0) is 27.7. The summed E-state index contributed by atoms with van der Waals surface area (Å²) < 4.78 is 1.70. The second-order valence-electron chi connectivity index (χ2n) is 9.28. The van der Waals surface area contributed by atoms with E-state index < -0.39 is 5.91 Å². The largest absolute Gasteiger partial charge is 0.364 e. The number of amides is 3. The number of nitrogens with one attached hydrogen (secondary N) is 1. The van der Waals surface area contributed by atoms with Crippen molar-refractivity contribution in [3.8, 4) is 16.9 Å². The first-order valence-electron chi connectivity index (χ1n) is 12.2. The molecule has 5 rings (SSSR count). The number of hydrogen-bond donors (Lipinski definition) is 2. The summed E-state index contributed by atoms with van der Waals surface area (Å²) in [6.45, 7) is 0. The Morgan fingerprint density at radius 1 is 1.08 bits per heavy atom. The molecule has 39 heavy (non-hydrogen) atoms. The number of likely N-dealkylation sites (N-methyl/N-ethyl adjacent to an activating group) is 1. The van der Waals surface area contributed by atoms with Crippen molar-refractivity contribution in [1.29, 1.82) is 0 Å². The van der Waals surface area contributed by atoms with Gasteiger partial charge in [0.1, 0.15) is 5.15 Å². The molecule has 1 aliphatic rings. The number of pyridine rings is 1. The van der Waals surface area contributed by atoms with E-state index in [0.29, 0.717) is 18.5 Å². The van der Waals surface area contributed by atoms with Gasteiger partial charge in [-0.1, -0.05) is 29.8 Å². The molecule has 10 heteroatoms. The van der Waals surface area contributed by atoms with Gasteiger partial charge in [-0.15, -0.1) is 0 Å². The van der Waals surface area contributed by atoms with E-state index >= 15 is 0 Å². The van der Waals surface area contributed by atoms with Gasteiger partial charge in [0, 0.05) is 43.2 Å². The fraction of sp³-hybridized carbons (Fsp3) is 0.138. The fourth-order valence-electron chi connectivity index (χ4n) is 4.50. The minimum atomic E-state index is -0.606. The number of nitrogens with zero attached hydrogens (tertiary/aromatic N) is 4. The lowest BCUT2D eigenvalue weighted by atomic mass is 9.88. The molecule has 1 aliphatic carbocycles. The van der Waals surface area contributed by atoms with Crippen LogP contribution >= 0.6 is 11.6 Å². The highest BCUT2D eigenvalue weighted by Gasteiger charge is 2.28. The SMILES string of the molecule is CN(C)C(=O)C=Cc1ccc(-n2nc(C(N)=O)c3c2-c2cc(NC(=O)c4cccnc4Cl)ccc2CC3)cc1. The molecule has 0 spiro atoms. The normalized spacial score (nSPS) is 12.1. The highest BCUT2D eigenvalue weighted by Crippen LogP contribution is 2.38. The van der Waals surface area contributed by atoms with Crippen molar-refractivity contribution in [2.45, 2.75) is 12.8 Å². The number of anilines is 1. The first-order valence-corrected chi connectivity index (χ1v) is 12.6. The Hall–Kier alpha value is -4.76. The van der Waals surface area contributed by atoms with Crippen molar-refractivity contribution >= 4 is 41.1 Å². The third-order valence-electron chi connectivity index (χ3n) is 6.48. The minimum absolute atomic E-state index is 0.114. The van der Waals surface area contributed by atoms with E-state index in [-0.39, 0.29) is 28.2 Å². The molecular weight excluding hydrogens is 516 g/mol. The van der Waals surface area contributed by atoms with Crippen molar-refractivity contribution in [3.63, 3.8) is 0 Å². The maximum absolute atomic E-state index is 12.9. The molecule has 0 saturated carbocycles. The van der Waals surface area contributed by atoms with Crippen molar-refractivity contribution in [2.24, 2.45) is 5.73 Å². The van der Waals surface area contributed by atoms with Crippen LogP contribution in [-0.2, 0) is 17.6 Å². The molecule has 0 fully saturated rings. The van der Waals surface area contributed by atoms with Crippen LogP contribution in [0.15, 0.2) is 66.9 Å². The summed E-state index contributed by atoms with van der Waals surface area (Å²) in [6.07, 6.45) is 6.05. The Morgan fingerprint density at radius 3 is 2.54 bits per heavy atom. The van der Waals surface area contributed by atoms with Crippen molar-refractivity contribution in [1.82, 2.24) is 19.7 Å². The molecule has 0 radical (unpaired) electrons. The van der Waals surface area contributed by atoms with Crippen LogP contribution in [0.4, 0.5) is 5.69 Å². The summed E-state index contributed by atoms with van der Waals surface area (Å²) in [5.41, 5.74) is 11.7. The van der Waals surface area contributed by atoms with E-state index in [1.54, 1.807) is 37.0 Å². The Morgan fingerprint density at radius 2 is 1.85 bits per heavy atom. The van der Waals surface area contributed by atoms with Gasteiger partial charge >= 0.3 is 0 Å². The predicted octanol–water partition coefficient (Wildman–Crippen LogP) is 4.14. The maximum Gasteiger partial charge on any atom is 0.269 e. The zero-order valence-electron chi connectivity index (χ0n) is 21.3. The Labute approximate surface area is 229 Å². The molecule has 3 N–H and O–H groups in total. The standard InChI is InChI=1S/C29H25ClN6O3/c1-35(2)24(37)14-7-17-5-11-20(12-6-17)36-26-21(25(34-36)28(31)38)13-9-18-8-10-19(16-23(18)26)33-29(39)22-4-3-15-32-27(22)30/h3-8,10-12,14-16H,9,13H2,1-2H3,(H2,31,38)(H,33,39). The van der Waals surface area contributed by atoms with Gasteiger partial charge in [0.25, 0.3) is 11.8 Å². The van der Waals surface area contributed by atoms with Gasteiger partial charge in [-0.05, 0) is 66.4 Å². The number of aromatic nitrogens is 3. The number of fused-ring (bicyclic) bond motifs is 3. The van der Waals surface area contributed by atoms with Crippen LogP contribution in [0.5, 0.6) is 0 Å². The molecule has 0 aliphatic heterocycles. The molecule has 0 bridgehead atoms. The summed E-state index contributed by atoms with van der Waals surface area (Å²) in [5.74, 6) is -1.10. The number of aryl methyl sites for hydroxylation is 1. The highest BCUT2D eigenvalue weighted by atomic mass is 35.5. The summed E-state index contributed by atoms with van der Waals surface area (Å²) >= 11 is 6.10. The lowest BCUT2D eigenvalue weighted by molar-refractivity contribution is -0.123. The number of carbonyl (C=O) groups is 3. The number of halogens is 1. The monoisotopic (exact) mass is 540 g/mol. The average Bonchev–Trinajstić information content (AvgIpc) is 3.33. The zero-order valence-corrected chi connectivity index (χ0v) is 22.1. The molecule has 9 nitrogen and oxygen atoms in total. The van der Waals surface area contributed by atoms with E-state index in [0.717, 1.165) is 33.6 Å². The first-order chi connectivity index (χ1) is 18.7. The third-order valence-corrected chi connectivity index (χ3v) is 6.79. The lowest BCUT2D eigenvalue weighted by Gasteiger charge is -2.20. The number of carbonyl (C=O) groups excluding carboxylic acids is 3. The topological polar surface area (TPSA) is 123 Å². The smallest absolute Gasteiger partial charge is 0.269 e. The average molecular weight is 541 g/mol. The molecule has 2 aromatic carbocycles. The van der Waals surface area contributed by atoms with Gasteiger partial charge in [0.2, 0.25) is 5.91 Å². The van der Waals surface area contributed by atoms with Gasteiger partial charge in [0.15, 0.2) is 5.69 Å². The second-order valence-corrected chi connectivity index (χ2v) is 9.64. The van der Waals surface area contributed by atoms with E-state index in [2.05, 4.69) is 15.4 Å². The van der Waals surface area contributed by atoms with E-state index in [4.69, 9.17) is 17.3 Å². The second kappa shape index (κ2) is 10.5. The van der Waals surface area contributed by atoms with Crippen LogP contribution in [0.25, 0.3) is 23.0 Å². The molecule has 2 aromatic heterocycles. The molecule has 4 aromatic rings. The van der Waals surface area contributed by atoms with Crippen LogP contribution in [0, 0.1) is 0 Å². The Kier molecular flexibility index (Phi) is 7.00. The molecule has 196 valence electrons. The molecule has 0 unspecified atom stereocenters. The first kappa shape index (κ1) is 25.9. The highest BCUT2D eigenvalue weighted by molar-refractivity contribution is 6.33. The number of rotatable bonds is 6. The summed E-state index contributed by atoms with van der Waals surface area (Å²) in [6, 6.07) is 16.4. The lowest BCUT2D eigenvalue weighted by Crippen LogP contribution is -2.18. The van der Waals surface area contributed by atoms with Crippen LogP contribution in [0.1, 0.15) is 37.5 Å². The molecule has 0 atom stereocenters. The van der Waals surface area contributed by atoms with Crippen molar-refractivity contribution in [2.75, 3.05) is 19.4 Å². The van der Waals surface area contributed by atoms with Gasteiger partial charge in [0.05, 0.1) is 16.9 Å². The number of primary amides is 1. The summed E-state index contributed by atoms with van der Waals surface area (Å²) in [7, 11) is 3.38. The number of benzene rings is 2. The third kappa shape index (κ3) is 5.17. The predicted molar refractivity (Wildman–Crippen MR) is 150 cm³/mol. The number of nitrogens with two attached hydrogens (primary N) is 1. The molecule has 3 amide bonds. The van der Waals surface area contributed by atoms with Crippen LogP contribution < -0.4 is 11.1 Å². The van der Waals surface area contributed by atoms with Gasteiger partial charge in [-0.25, -0.2) is 9.67 Å². The Balaban J connectivity index is 1.53. The quantitative estimate of drug-likeness (QED) is 0.281. The van der Waals surface area contributed by atoms with E-state index in [1.165, 1.54) is 17.2 Å². The van der Waals surface area contributed by atoms with Crippen LogP contribution in [0.3, 0.4) is 0 Å². The minimum Gasteiger partial charge on any atom is -0.364 e. The van der Waals surface area contributed by atoms with E-state index in [9.17, 15) is 14.4 Å². The summed E-state index contributed by atoms with van der Waals surface area (Å²) in [5, 5.41) is 7.59. The Bertz CT molecular complexity index is 1640. The molecule has 0 saturated heterocycles. The number of hydrogen-bond acceptors (Lipinski definition) is 5. The molecule has 2 heterocycles. The van der Waals surface area contributed by atoms with Crippen LogP contribution in [-0.4, -0.2) is 51.5 Å². The van der Waals surface area contributed by atoms with Gasteiger partial charge < -0.3 is 16.0 Å². The molecular formula is C29H25ClN6O3.